The lowest BCUT2D eigenvalue weighted by Gasteiger charge is -2.21. The Hall–Kier alpha value is -1.95. The molecule has 0 radical (unpaired) electrons. The summed E-state index contributed by atoms with van der Waals surface area (Å²) >= 11 is 0. The summed E-state index contributed by atoms with van der Waals surface area (Å²) in [5, 5.41) is 10.3. The van der Waals surface area contributed by atoms with Crippen LogP contribution in [0.2, 0.25) is 0 Å². The first-order valence-electron chi connectivity index (χ1n) is 7.52. The van der Waals surface area contributed by atoms with Crippen molar-refractivity contribution in [2.75, 3.05) is 0 Å². The van der Waals surface area contributed by atoms with Crippen molar-refractivity contribution in [3.63, 3.8) is 0 Å². The first-order valence-corrected chi connectivity index (χ1v) is 7.52. The maximum atomic E-state index is 12.1. The highest BCUT2D eigenvalue weighted by Crippen LogP contribution is 2.18. The minimum absolute atomic E-state index is 0.355. The number of hydrogen-bond donors (Lipinski definition) is 1. The maximum Gasteiger partial charge on any atom is 0.313 e. The van der Waals surface area contributed by atoms with Crippen molar-refractivity contribution in [2.45, 2.75) is 59.7 Å². The molecule has 2 atom stereocenters. The minimum Gasteiger partial charge on any atom is -0.460 e. The van der Waals surface area contributed by atoms with Gasteiger partial charge in [-0.25, -0.2) is 4.98 Å². The number of rotatable bonds is 6. The standard InChI is InChI=1S/C17H25NO5/c1-10(7-13-9-22-12(3)18-13)16(21)11(2)14(19)8-15(20)23-17(4,5)6/h7,9,11,16,21H,8H2,1-6H3/b10-7+/t11-,16+/m1/s1. The number of esters is 1. The van der Waals surface area contributed by atoms with E-state index in [1.807, 2.05) is 0 Å². The molecule has 0 aliphatic rings. The minimum atomic E-state index is -0.998. The summed E-state index contributed by atoms with van der Waals surface area (Å²) < 4.78 is 10.2. The molecule has 0 unspecified atom stereocenters. The summed E-state index contributed by atoms with van der Waals surface area (Å²) in [6.07, 6.45) is 1.77. The van der Waals surface area contributed by atoms with Crippen molar-refractivity contribution in [1.82, 2.24) is 4.98 Å². The van der Waals surface area contributed by atoms with E-state index in [0.717, 1.165) is 0 Å². The van der Waals surface area contributed by atoms with E-state index in [1.165, 1.54) is 6.26 Å². The third-order valence-electron chi connectivity index (χ3n) is 3.20. The highest BCUT2D eigenvalue weighted by Gasteiger charge is 2.27. The molecule has 1 heterocycles. The molecule has 0 saturated heterocycles. The molecule has 0 bridgehead atoms. The number of hydrogen-bond acceptors (Lipinski definition) is 6. The topological polar surface area (TPSA) is 89.6 Å². The second-order valence-electron chi connectivity index (χ2n) is 6.64. The number of aryl methyl sites for hydroxylation is 1. The van der Waals surface area contributed by atoms with Gasteiger partial charge in [-0.1, -0.05) is 6.92 Å². The second kappa shape index (κ2) is 7.55. The van der Waals surface area contributed by atoms with Gasteiger partial charge in [0, 0.05) is 12.8 Å². The number of ketones is 1. The summed E-state index contributed by atoms with van der Waals surface area (Å²) in [7, 11) is 0. The molecule has 0 fully saturated rings. The van der Waals surface area contributed by atoms with Gasteiger partial charge in [-0.05, 0) is 39.3 Å². The second-order valence-corrected chi connectivity index (χ2v) is 6.64. The first kappa shape index (κ1) is 19.1. The van der Waals surface area contributed by atoms with Gasteiger partial charge in [0.05, 0.1) is 6.10 Å². The Kier molecular flexibility index (Phi) is 6.27. The van der Waals surface area contributed by atoms with E-state index in [-0.39, 0.29) is 12.2 Å². The number of aliphatic hydroxyl groups excluding tert-OH is 1. The van der Waals surface area contributed by atoms with Gasteiger partial charge in [0.2, 0.25) is 0 Å². The van der Waals surface area contributed by atoms with Crippen LogP contribution in [-0.2, 0) is 14.3 Å². The van der Waals surface area contributed by atoms with Crippen LogP contribution in [0, 0.1) is 12.8 Å². The summed E-state index contributed by atoms with van der Waals surface area (Å²) in [5.41, 5.74) is 0.508. The van der Waals surface area contributed by atoms with Crippen LogP contribution in [-0.4, -0.2) is 33.5 Å². The highest BCUT2D eigenvalue weighted by molar-refractivity contribution is 5.97. The SMILES string of the molecule is C/C(=C\c1coc(C)n1)[C@H](O)[C@H](C)C(=O)CC(=O)OC(C)(C)C. The molecule has 0 aliphatic heterocycles. The molecule has 23 heavy (non-hydrogen) atoms. The van der Waals surface area contributed by atoms with Crippen molar-refractivity contribution in [1.29, 1.82) is 0 Å². The number of nitrogens with zero attached hydrogens (tertiary/aromatic N) is 1. The predicted molar refractivity (Wildman–Crippen MR) is 85.5 cm³/mol. The van der Waals surface area contributed by atoms with Crippen LogP contribution in [0.3, 0.4) is 0 Å². The number of carbonyl (C=O) groups excluding carboxylic acids is 2. The lowest BCUT2D eigenvalue weighted by Crippen LogP contribution is -2.31. The molecule has 1 aromatic heterocycles. The molecule has 6 nitrogen and oxygen atoms in total. The quantitative estimate of drug-likeness (QED) is 0.639. The summed E-state index contributed by atoms with van der Waals surface area (Å²) in [4.78, 5) is 27.9. The maximum absolute atomic E-state index is 12.1. The Balaban J connectivity index is 2.68. The molecular formula is C17H25NO5. The van der Waals surface area contributed by atoms with Crippen LogP contribution in [0.4, 0.5) is 0 Å². The number of Topliss-reactive ketones (excluding diaryl/α,β-unsaturated/α-hetero) is 1. The van der Waals surface area contributed by atoms with Crippen LogP contribution in [0.25, 0.3) is 6.08 Å². The molecule has 0 aromatic carbocycles. The first-order chi connectivity index (χ1) is 10.5. The number of ether oxygens (including phenoxy) is 1. The van der Waals surface area contributed by atoms with Crippen LogP contribution >= 0.6 is 0 Å². The van der Waals surface area contributed by atoms with Crippen molar-refractivity contribution in [2.24, 2.45) is 5.92 Å². The van der Waals surface area contributed by atoms with E-state index in [0.29, 0.717) is 17.2 Å². The number of oxazole rings is 1. The molecule has 1 N–H and O–H groups in total. The zero-order valence-electron chi connectivity index (χ0n) is 14.5. The number of aromatic nitrogens is 1. The van der Waals surface area contributed by atoms with Gasteiger partial charge in [-0.15, -0.1) is 0 Å². The molecule has 0 spiro atoms. The molecule has 0 saturated carbocycles. The van der Waals surface area contributed by atoms with Crippen LogP contribution in [0.15, 0.2) is 16.3 Å². The van der Waals surface area contributed by atoms with E-state index in [2.05, 4.69) is 4.98 Å². The summed E-state index contributed by atoms with van der Waals surface area (Å²) in [5.74, 6) is -1.15. The Morgan fingerprint density at radius 3 is 2.52 bits per heavy atom. The van der Waals surface area contributed by atoms with Crippen LogP contribution in [0.5, 0.6) is 0 Å². The smallest absolute Gasteiger partial charge is 0.313 e. The number of aliphatic hydroxyl groups is 1. The normalized spacial score (nSPS) is 15.2. The fourth-order valence-electron chi connectivity index (χ4n) is 2.02. The van der Waals surface area contributed by atoms with Crippen LogP contribution < -0.4 is 0 Å². The van der Waals surface area contributed by atoms with Crippen molar-refractivity contribution < 1.29 is 23.8 Å². The lowest BCUT2D eigenvalue weighted by atomic mass is 9.92. The molecule has 1 aromatic rings. The van der Waals surface area contributed by atoms with E-state index in [9.17, 15) is 14.7 Å². The van der Waals surface area contributed by atoms with Gasteiger partial charge in [0.1, 0.15) is 29.8 Å². The lowest BCUT2D eigenvalue weighted by molar-refractivity contribution is -0.156. The van der Waals surface area contributed by atoms with E-state index < -0.39 is 23.6 Å². The summed E-state index contributed by atoms with van der Waals surface area (Å²) in [6.45, 7) is 10.2. The van der Waals surface area contributed by atoms with Gasteiger partial charge < -0.3 is 14.3 Å². The van der Waals surface area contributed by atoms with Gasteiger partial charge >= 0.3 is 5.97 Å². The molecule has 0 aliphatic carbocycles. The third kappa shape index (κ3) is 6.36. The predicted octanol–water partition coefficient (Wildman–Crippen LogP) is 2.68. The Labute approximate surface area is 136 Å². The molecule has 128 valence electrons. The molecule has 0 amide bonds. The fourth-order valence-corrected chi connectivity index (χ4v) is 2.02. The Bertz CT molecular complexity index is 594. The number of carbonyl (C=O) groups is 2. The Morgan fingerprint density at radius 2 is 2.04 bits per heavy atom. The molecule has 6 heteroatoms. The fraction of sp³-hybridized carbons (Fsp3) is 0.588. The van der Waals surface area contributed by atoms with Gasteiger partial charge in [-0.2, -0.15) is 0 Å². The highest BCUT2D eigenvalue weighted by atomic mass is 16.6. The zero-order valence-corrected chi connectivity index (χ0v) is 14.5. The average Bonchev–Trinajstić information content (AvgIpc) is 2.79. The van der Waals surface area contributed by atoms with Crippen molar-refractivity contribution in [3.05, 3.63) is 23.4 Å². The van der Waals surface area contributed by atoms with Gasteiger partial charge in [0.15, 0.2) is 5.89 Å². The largest absolute Gasteiger partial charge is 0.460 e. The third-order valence-corrected chi connectivity index (χ3v) is 3.20. The Morgan fingerprint density at radius 1 is 1.43 bits per heavy atom. The van der Waals surface area contributed by atoms with E-state index >= 15 is 0 Å². The van der Waals surface area contributed by atoms with Crippen molar-refractivity contribution >= 4 is 17.8 Å². The average molecular weight is 323 g/mol. The van der Waals surface area contributed by atoms with Crippen molar-refractivity contribution in [3.8, 4) is 0 Å². The molecular weight excluding hydrogens is 298 g/mol. The monoisotopic (exact) mass is 323 g/mol. The molecule has 1 rings (SSSR count). The van der Waals surface area contributed by atoms with E-state index in [1.54, 1.807) is 47.6 Å². The summed E-state index contributed by atoms with van der Waals surface area (Å²) in [6, 6.07) is 0. The zero-order chi connectivity index (χ0) is 17.8. The van der Waals surface area contributed by atoms with Gasteiger partial charge in [-0.3, -0.25) is 9.59 Å². The van der Waals surface area contributed by atoms with Gasteiger partial charge in [0.25, 0.3) is 0 Å². The van der Waals surface area contributed by atoms with Crippen LogP contribution in [0.1, 0.15) is 52.6 Å². The van der Waals surface area contributed by atoms with E-state index in [4.69, 9.17) is 9.15 Å².